The molecule has 0 atom stereocenters. The van der Waals surface area contributed by atoms with E-state index in [4.69, 9.17) is 0 Å². The van der Waals surface area contributed by atoms with Crippen molar-refractivity contribution in [2.45, 2.75) is 58.0 Å². The van der Waals surface area contributed by atoms with Crippen LogP contribution >= 0.6 is 0 Å². The minimum absolute atomic E-state index is 0.0531. The fourth-order valence-electron chi connectivity index (χ4n) is 5.10. The molecule has 6 heteroatoms. The molecule has 0 saturated carbocycles. The Morgan fingerprint density at radius 2 is 1.21 bits per heavy atom. The Balaban J connectivity index is 1.80. The lowest BCUT2D eigenvalue weighted by Crippen LogP contribution is -2.56. The SMILES string of the molecule is C=C(C)Cc1cc(N2C(=O)CCC23CCC(=O)N3c2ccc(O)c(CC(=C)C)c2)ccc1O. The number of allylic oxidation sites excluding steroid dienone is 2. The van der Waals surface area contributed by atoms with Crippen LogP contribution in [0, 0.1) is 0 Å². The highest BCUT2D eigenvalue weighted by atomic mass is 16.3. The van der Waals surface area contributed by atoms with Crippen molar-refractivity contribution < 1.29 is 19.8 Å². The summed E-state index contributed by atoms with van der Waals surface area (Å²) in [5.41, 5.74) is 3.69. The second-order valence-electron chi connectivity index (χ2n) is 9.33. The molecule has 0 aliphatic carbocycles. The van der Waals surface area contributed by atoms with E-state index in [1.54, 1.807) is 34.1 Å². The molecular weight excluding hydrogens is 416 g/mol. The maximum absolute atomic E-state index is 13.2. The Morgan fingerprint density at radius 3 is 1.58 bits per heavy atom. The molecule has 4 rings (SSSR count). The second kappa shape index (κ2) is 8.43. The highest BCUT2D eigenvalue weighted by molar-refractivity contribution is 6.05. The van der Waals surface area contributed by atoms with Gasteiger partial charge in [-0.25, -0.2) is 0 Å². The van der Waals surface area contributed by atoms with Crippen molar-refractivity contribution in [1.82, 2.24) is 0 Å². The van der Waals surface area contributed by atoms with Gasteiger partial charge in [0, 0.05) is 24.2 Å². The fourth-order valence-corrected chi connectivity index (χ4v) is 5.10. The normalized spacial score (nSPS) is 17.3. The van der Waals surface area contributed by atoms with Crippen LogP contribution < -0.4 is 9.80 Å². The van der Waals surface area contributed by atoms with E-state index in [2.05, 4.69) is 13.2 Å². The van der Waals surface area contributed by atoms with E-state index in [0.29, 0.717) is 61.0 Å². The smallest absolute Gasteiger partial charge is 0.229 e. The molecular formula is C27H30N2O4. The van der Waals surface area contributed by atoms with Gasteiger partial charge >= 0.3 is 0 Å². The predicted molar refractivity (Wildman–Crippen MR) is 129 cm³/mol. The molecule has 2 saturated heterocycles. The van der Waals surface area contributed by atoms with E-state index in [9.17, 15) is 19.8 Å². The molecule has 0 unspecified atom stereocenters. The summed E-state index contributed by atoms with van der Waals surface area (Å²) >= 11 is 0. The van der Waals surface area contributed by atoms with Crippen LogP contribution in [-0.2, 0) is 22.4 Å². The van der Waals surface area contributed by atoms with Gasteiger partial charge in [0.15, 0.2) is 0 Å². The molecule has 1 spiro atoms. The first-order valence-electron chi connectivity index (χ1n) is 11.2. The quantitative estimate of drug-likeness (QED) is 0.613. The van der Waals surface area contributed by atoms with Crippen molar-refractivity contribution in [2.75, 3.05) is 9.80 Å². The molecule has 2 N–H and O–H groups in total. The van der Waals surface area contributed by atoms with Crippen molar-refractivity contribution in [3.05, 3.63) is 71.8 Å². The maximum atomic E-state index is 13.2. The van der Waals surface area contributed by atoms with Crippen LogP contribution in [0.1, 0.15) is 50.7 Å². The van der Waals surface area contributed by atoms with Gasteiger partial charge in [-0.05, 0) is 87.1 Å². The first-order valence-corrected chi connectivity index (χ1v) is 11.2. The number of rotatable bonds is 6. The maximum Gasteiger partial charge on any atom is 0.229 e. The lowest BCUT2D eigenvalue weighted by molar-refractivity contribution is -0.117. The summed E-state index contributed by atoms with van der Waals surface area (Å²) in [7, 11) is 0. The summed E-state index contributed by atoms with van der Waals surface area (Å²) < 4.78 is 0. The van der Waals surface area contributed by atoms with Gasteiger partial charge in [0.25, 0.3) is 0 Å². The Labute approximate surface area is 194 Å². The molecule has 2 aliphatic heterocycles. The molecule has 2 aromatic rings. The summed E-state index contributed by atoms with van der Waals surface area (Å²) in [5, 5.41) is 20.6. The lowest BCUT2D eigenvalue weighted by Gasteiger charge is -2.42. The topological polar surface area (TPSA) is 81.1 Å². The third-order valence-electron chi connectivity index (χ3n) is 6.44. The number of aromatic hydroxyl groups is 2. The summed E-state index contributed by atoms with van der Waals surface area (Å²) in [4.78, 5) is 29.8. The van der Waals surface area contributed by atoms with Gasteiger partial charge in [0.1, 0.15) is 17.2 Å². The first-order chi connectivity index (χ1) is 15.6. The van der Waals surface area contributed by atoms with Crippen LogP contribution in [-0.4, -0.2) is 27.7 Å². The van der Waals surface area contributed by atoms with Crippen molar-refractivity contribution in [3.8, 4) is 11.5 Å². The van der Waals surface area contributed by atoms with E-state index >= 15 is 0 Å². The van der Waals surface area contributed by atoms with Gasteiger partial charge < -0.3 is 10.2 Å². The third kappa shape index (κ3) is 4.01. The van der Waals surface area contributed by atoms with Gasteiger partial charge in [-0.2, -0.15) is 0 Å². The molecule has 2 amide bonds. The monoisotopic (exact) mass is 446 g/mol. The third-order valence-corrected chi connectivity index (χ3v) is 6.44. The minimum Gasteiger partial charge on any atom is -0.508 e. The van der Waals surface area contributed by atoms with Gasteiger partial charge in [0.2, 0.25) is 11.8 Å². The predicted octanol–water partition coefficient (Wildman–Crippen LogP) is 4.99. The Kier molecular flexibility index (Phi) is 5.78. The average Bonchev–Trinajstić information content (AvgIpc) is 3.24. The summed E-state index contributed by atoms with van der Waals surface area (Å²) in [6, 6.07) is 10.3. The standard InChI is InChI=1S/C27H30N2O4/c1-17(2)13-19-15-21(5-7-23(19)30)28-25(32)9-11-27(28)12-10-26(33)29(27)22-6-8-24(31)20(16-22)14-18(3)4/h5-8,15-16,30-31H,1,3,9-14H2,2,4H3. The molecule has 0 radical (unpaired) electrons. The number of carbonyl (C=O) groups is 2. The Hall–Kier alpha value is -3.54. The molecule has 6 nitrogen and oxygen atoms in total. The summed E-state index contributed by atoms with van der Waals surface area (Å²) in [6.07, 6.45) is 2.70. The Morgan fingerprint density at radius 1 is 0.818 bits per heavy atom. The number of phenols is 2. The average molecular weight is 447 g/mol. The van der Waals surface area contributed by atoms with Crippen LogP contribution in [0.5, 0.6) is 11.5 Å². The molecule has 2 fully saturated rings. The van der Waals surface area contributed by atoms with E-state index < -0.39 is 5.66 Å². The summed E-state index contributed by atoms with van der Waals surface area (Å²) in [5.74, 6) is 0.208. The first kappa shape index (κ1) is 22.6. The van der Waals surface area contributed by atoms with Gasteiger partial charge in [-0.3, -0.25) is 19.4 Å². The van der Waals surface area contributed by atoms with E-state index in [-0.39, 0.29) is 23.3 Å². The van der Waals surface area contributed by atoms with Gasteiger partial charge in [-0.1, -0.05) is 24.3 Å². The zero-order valence-corrected chi connectivity index (χ0v) is 19.2. The van der Waals surface area contributed by atoms with E-state index in [1.807, 2.05) is 26.0 Å². The highest BCUT2D eigenvalue weighted by Crippen LogP contribution is 2.48. The molecule has 0 aromatic heterocycles. The Bertz CT molecular complexity index is 1080. The molecule has 0 bridgehead atoms. The number of hydrogen-bond acceptors (Lipinski definition) is 4. The number of phenolic OH excluding ortho intramolecular Hbond substituents is 2. The molecule has 33 heavy (non-hydrogen) atoms. The van der Waals surface area contributed by atoms with Crippen molar-refractivity contribution >= 4 is 23.2 Å². The fraction of sp³-hybridized carbons (Fsp3) is 0.333. The van der Waals surface area contributed by atoms with E-state index in [1.165, 1.54) is 0 Å². The number of anilines is 2. The van der Waals surface area contributed by atoms with E-state index in [0.717, 1.165) is 11.1 Å². The highest BCUT2D eigenvalue weighted by Gasteiger charge is 2.56. The van der Waals surface area contributed by atoms with Crippen LogP contribution in [0.3, 0.4) is 0 Å². The molecule has 2 heterocycles. The lowest BCUT2D eigenvalue weighted by atomic mass is 9.99. The van der Waals surface area contributed by atoms with Crippen LogP contribution in [0.15, 0.2) is 60.7 Å². The molecule has 172 valence electrons. The van der Waals surface area contributed by atoms with Crippen LogP contribution in [0.25, 0.3) is 0 Å². The van der Waals surface area contributed by atoms with Crippen LogP contribution in [0.4, 0.5) is 11.4 Å². The van der Waals surface area contributed by atoms with Crippen LogP contribution in [0.2, 0.25) is 0 Å². The van der Waals surface area contributed by atoms with Crippen molar-refractivity contribution in [2.24, 2.45) is 0 Å². The second-order valence-corrected chi connectivity index (χ2v) is 9.33. The number of nitrogens with zero attached hydrogens (tertiary/aromatic N) is 2. The van der Waals surface area contributed by atoms with Crippen molar-refractivity contribution in [3.63, 3.8) is 0 Å². The number of carbonyl (C=O) groups excluding carboxylic acids is 2. The number of benzene rings is 2. The zero-order valence-electron chi connectivity index (χ0n) is 19.2. The minimum atomic E-state index is -0.816. The number of amides is 2. The van der Waals surface area contributed by atoms with Gasteiger partial charge in [-0.15, -0.1) is 0 Å². The zero-order chi connectivity index (χ0) is 23.9. The van der Waals surface area contributed by atoms with Gasteiger partial charge in [0.05, 0.1) is 0 Å². The van der Waals surface area contributed by atoms with Crippen molar-refractivity contribution in [1.29, 1.82) is 0 Å². The molecule has 2 aromatic carbocycles. The molecule has 2 aliphatic rings. The largest absolute Gasteiger partial charge is 0.508 e. The number of hydrogen-bond donors (Lipinski definition) is 2. The summed E-state index contributed by atoms with van der Waals surface area (Å²) in [6.45, 7) is 11.6.